The quantitative estimate of drug-likeness (QED) is 0.813. The molecule has 2 aromatic rings. The number of aliphatic hydroxyl groups excluding tert-OH is 1. The van der Waals surface area contributed by atoms with Gasteiger partial charge in [0.15, 0.2) is 0 Å². The fraction of sp³-hybridized carbons (Fsp3) is 0.286. The Morgan fingerprint density at radius 2 is 2.10 bits per heavy atom. The summed E-state index contributed by atoms with van der Waals surface area (Å²) in [7, 11) is -1.96. The number of ether oxygens (including phenoxy) is 1. The summed E-state index contributed by atoms with van der Waals surface area (Å²) in [4.78, 5) is 0.847. The van der Waals surface area contributed by atoms with Gasteiger partial charge in [0.05, 0.1) is 7.11 Å². The van der Waals surface area contributed by atoms with Gasteiger partial charge in [0.25, 0.3) is 0 Å². The smallest absolute Gasteiger partial charge is 0.250 e. The van der Waals surface area contributed by atoms with E-state index in [4.69, 9.17) is 9.84 Å². The van der Waals surface area contributed by atoms with Gasteiger partial charge in [-0.05, 0) is 29.8 Å². The first-order chi connectivity index (χ1) is 10.0. The van der Waals surface area contributed by atoms with Crippen LogP contribution < -0.4 is 9.46 Å². The Morgan fingerprint density at radius 3 is 2.81 bits per heavy atom. The van der Waals surface area contributed by atoms with Crippen LogP contribution in [0.15, 0.2) is 40.6 Å². The van der Waals surface area contributed by atoms with Gasteiger partial charge in [0.1, 0.15) is 9.96 Å². The molecule has 2 rings (SSSR count). The van der Waals surface area contributed by atoms with E-state index in [1.807, 2.05) is 12.1 Å². The van der Waals surface area contributed by atoms with Gasteiger partial charge in [0, 0.05) is 24.4 Å². The lowest BCUT2D eigenvalue weighted by Gasteiger charge is -2.06. The first-order valence-electron chi connectivity index (χ1n) is 6.37. The molecule has 0 unspecified atom stereocenters. The van der Waals surface area contributed by atoms with Crippen LogP contribution >= 0.6 is 11.3 Å². The maximum atomic E-state index is 12.2. The average molecular weight is 327 g/mol. The molecule has 1 aromatic heterocycles. The fourth-order valence-electron chi connectivity index (χ4n) is 1.78. The van der Waals surface area contributed by atoms with Crippen LogP contribution in [0.4, 0.5) is 0 Å². The molecule has 0 radical (unpaired) electrons. The second-order valence-corrected chi connectivity index (χ2v) is 7.53. The highest BCUT2D eigenvalue weighted by molar-refractivity contribution is 7.91. The minimum Gasteiger partial charge on any atom is -0.497 e. The third-order valence-corrected chi connectivity index (χ3v) is 5.90. The van der Waals surface area contributed by atoms with Crippen LogP contribution in [0.1, 0.15) is 10.4 Å². The standard InChI is InChI=1S/C14H17NO4S2/c1-19-12-4-2-3-11(9-12)10-15-21(17,18)14-6-5-13(20-14)7-8-16/h2-6,9,15-16H,7-8,10H2,1H3. The van der Waals surface area contributed by atoms with Crippen LogP contribution in [0.3, 0.4) is 0 Å². The summed E-state index contributed by atoms with van der Waals surface area (Å²) < 4.78 is 32.3. The number of hydrogen-bond acceptors (Lipinski definition) is 5. The van der Waals surface area contributed by atoms with E-state index < -0.39 is 10.0 Å². The van der Waals surface area contributed by atoms with Gasteiger partial charge in [0.2, 0.25) is 10.0 Å². The summed E-state index contributed by atoms with van der Waals surface area (Å²) in [6.45, 7) is 0.212. The van der Waals surface area contributed by atoms with Crippen molar-refractivity contribution in [2.75, 3.05) is 13.7 Å². The molecular weight excluding hydrogens is 310 g/mol. The minimum absolute atomic E-state index is 0.0112. The summed E-state index contributed by atoms with van der Waals surface area (Å²) in [5, 5.41) is 8.86. The number of methoxy groups -OCH3 is 1. The van der Waals surface area contributed by atoms with Crippen LogP contribution in [0.25, 0.3) is 0 Å². The molecule has 0 aliphatic carbocycles. The van der Waals surface area contributed by atoms with Crippen molar-refractivity contribution >= 4 is 21.4 Å². The summed E-state index contributed by atoms with van der Waals surface area (Å²) in [6, 6.07) is 10.5. The summed E-state index contributed by atoms with van der Waals surface area (Å²) >= 11 is 1.17. The molecule has 2 N–H and O–H groups in total. The van der Waals surface area contributed by atoms with Gasteiger partial charge in [-0.3, -0.25) is 0 Å². The SMILES string of the molecule is COc1cccc(CNS(=O)(=O)c2ccc(CCO)s2)c1. The van der Waals surface area contributed by atoms with Gasteiger partial charge in [-0.2, -0.15) is 0 Å². The maximum Gasteiger partial charge on any atom is 0.250 e. The van der Waals surface area contributed by atoms with E-state index in [0.717, 1.165) is 10.4 Å². The molecule has 0 saturated heterocycles. The van der Waals surface area contributed by atoms with Crippen LogP contribution in [0.5, 0.6) is 5.75 Å². The van der Waals surface area contributed by atoms with Crippen molar-refractivity contribution in [3.05, 3.63) is 46.8 Å². The third-order valence-electron chi connectivity index (χ3n) is 2.86. The van der Waals surface area contributed by atoms with Gasteiger partial charge >= 0.3 is 0 Å². The number of benzene rings is 1. The summed E-state index contributed by atoms with van der Waals surface area (Å²) in [6.07, 6.45) is 0.468. The minimum atomic E-state index is -3.53. The van der Waals surface area contributed by atoms with Crippen LogP contribution in [0.2, 0.25) is 0 Å². The predicted molar refractivity (Wildman–Crippen MR) is 82.1 cm³/mol. The lowest BCUT2D eigenvalue weighted by atomic mass is 10.2. The van der Waals surface area contributed by atoms with E-state index >= 15 is 0 Å². The van der Waals surface area contributed by atoms with Crippen molar-refractivity contribution in [1.29, 1.82) is 0 Å². The number of aliphatic hydroxyl groups is 1. The normalized spacial score (nSPS) is 11.5. The largest absolute Gasteiger partial charge is 0.497 e. The molecule has 1 aromatic carbocycles. The highest BCUT2D eigenvalue weighted by Gasteiger charge is 2.16. The zero-order valence-corrected chi connectivity index (χ0v) is 13.2. The molecule has 0 spiro atoms. The number of thiophene rings is 1. The van der Waals surface area contributed by atoms with Crippen molar-refractivity contribution < 1.29 is 18.3 Å². The van der Waals surface area contributed by atoms with Crippen LogP contribution in [0, 0.1) is 0 Å². The van der Waals surface area contributed by atoms with E-state index in [1.165, 1.54) is 11.3 Å². The molecule has 0 aliphatic heterocycles. The lowest BCUT2D eigenvalue weighted by molar-refractivity contribution is 0.300. The zero-order valence-electron chi connectivity index (χ0n) is 11.6. The Hall–Kier alpha value is -1.41. The van der Waals surface area contributed by atoms with Crippen molar-refractivity contribution in [2.24, 2.45) is 0 Å². The van der Waals surface area contributed by atoms with E-state index in [-0.39, 0.29) is 17.4 Å². The van der Waals surface area contributed by atoms with E-state index in [2.05, 4.69) is 4.72 Å². The molecular formula is C14H17NO4S2. The first-order valence-corrected chi connectivity index (χ1v) is 8.67. The van der Waals surface area contributed by atoms with E-state index in [1.54, 1.807) is 31.4 Å². The van der Waals surface area contributed by atoms with E-state index in [0.29, 0.717) is 12.2 Å². The molecule has 1 heterocycles. The first kappa shape index (κ1) is 16.0. The van der Waals surface area contributed by atoms with Crippen molar-refractivity contribution in [2.45, 2.75) is 17.2 Å². The second-order valence-electron chi connectivity index (χ2n) is 4.37. The van der Waals surface area contributed by atoms with Crippen LogP contribution in [-0.2, 0) is 23.0 Å². The lowest BCUT2D eigenvalue weighted by Crippen LogP contribution is -2.22. The number of nitrogens with one attached hydrogen (secondary N) is 1. The van der Waals surface area contributed by atoms with E-state index in [9.17, 15) is 8.42 Å². The van der Waals surface area contributed by atoms with Crippen molar-refractivity contribution in [1.82, 2.24) is 4.72 Å². The Labute approximate surface area is 128 Å². The van der Waals surface area contributed by atoms with Gasteiger partial charge < -0.3 is 9.84 Å². The summed E-state index contributed by atoms with van der Waals surface area (Å²) in [5.74, 6) is 0.688. The Bertz CT molecular complexity index is 695. The molecule has 0 bridgehead atoms. The number of rotatable bonds is 7. The zero-order chi connectivity index (χ0) is 15.3. The predicted octanol–water partition coefficient (Wildman–Crippen LogP) is 1.77. The van der Waals surface area contributed by atoms with Crippen LogP contribution in [-0.4, -0.2) is 27.2 Å². The van der Waals surface area contributed by atoms with Gasteiger partial charge in [-0.25, -0.2) is 13.1 Å². The monoisotopic (exact) mass is 327 g/mol. The third kappa shape index (κ3) is 4.28. The van der Waals surface area contributed by atoms with Crippen molar-refractivity contribution in [3.63, 3.8) is 0 Å². The molecule has 0 aliphatic rings. The second kappa shape index (κ2) is 7.04. The maximum absolute atomic E-state index is 12.2. The highest BCUT2D eigenvalue weighted by Crippen LogP contribution is 2.22. The molecule has 21 heavy (non-hydrogen) atoms. The molecule has 0 saturated carbocycles. The van der Waals surface area contributed by atoms with Crippen molar-refractivity contribution in [3.8, 4) is 5.75 Å². The topological polar surface area (TPSA) is 75.6 Å². The average Bonchev–Trinajstić information content (AvgIpc) is 2.95. The molecule has 0 fully saturated rings. The Balaban J connectivity index is 2.06. The number of hydrogen-bond donors (Lipinski definition) is 2. The molecule has 7 heteroatoms. The van der Waals surface area contributed by atoms with Gasteiger partial charge in [-0.15, -0.1) is 11.3 Å². The van der Waals surface area contributed by atoms with Gasteiger partial charge in [-0.1, -0.05) is 12.1 Å². The molecule has 0 atom stereocenters. The highest BCUT2D eigenvalue weighted by atomic mass is 32.2. The Morgan fingerprint density at radius 1 is 1.29 bits per heavy atom. The molecule has 114 valence electrons. The Kier molecular flexibility index (Phi) is 5.35. The fourth-order valence-corrected chi connectivity index (χ4v) is 4.19. The molecule has 0 amide bonds. The summed E-state index contributed by atoms with van der Waals surface area (Å²) in [5.41, 5.74) is 0.824. The molecule has 5 nitrogen and oxygen atoms in total. The number of sulfonamides is 1.